The number of sulfonamides is 1. The van der Waals surface area contributed by atoms with Gasteiger partial charge in [-0.15, -0.1) is 18.3 Å². The number of hydrogen-bond donors (Lipinski definition) is 2. The maximum atomic E-state index is 12.0. The van der Waals surface area contributed by atoms with Crippen LogP contribution in [0.15, 0.2) is 40.6 Å². The monoisotopic (exact) mass is 300 g/mol. The molecule has 0 bridgehead atoms. The average Bonchev–Trinajstić information content (AvgIpc) is 2.35. The third-order valence-electron chi connectivity index (χ3n) is 2.21. The van der Waals surface area contributed by atoms with Gasteiger partial charge in [0.15, 0.2) is 0 Å². The van der Waals surface area contributed by atoms with Crippen LogP contribution in [0, 0.1) is 0 Å². The maximum absolute atomic E-state index is 12.0. The lowest BCUT2D eigenvalue weighted by Crippen LogP contribution is -2.23. The van der Waals surface area contributed by atoms with E-state index in [-0.39, 0.29) is 17.3 Å². The molecular formula is C12H16N2O3S2. The zero-order valence-corrected chi connectivity index (χ0v) is 12.4. The first-order chi connectivity index (χ1) is 8.90. The lowest BCUT2D eigenvalue weighted by Gasteiger charge is -2.11. The zero-order valence-electron chi connectivity index (χ0n) is 10.8. The average molecular weight is 300 g/mol. The number of anilines is 1. The molecule has 0 heterocycles. The highest BCUT2D eigenvalue weighted by Gasteiger charge is 2.15. The first kappa shape index (κ1) is 15.7. The second-order valence-electron chi connectivity index (χ2n) is 3.68. The number of amides is 1. The second-order valence-corrected chi connectivity index (χ2v) is 6.30. The van der Waals surface area contributed by atoms with Gasteiger partial charge >= 0.3 is 0 Å². The van der Waals surface area contributed by atoms with E-state index in [2.05, 4.69) is 16.6 Å². The summed E-state index contributed by atoms with van der Waals surface area (Å²) in [5.41, 5.74) is 0.487. The Kier molecular flexibility index (Phi) is 5.59. The van der Waals surface area contributed by atoms with Crippen LogP contribution >= 0.6 is 11.8 Å². The normalized spacial score (nSPS) is 11.1. The summed E-state index contributed by atoms with van der Waals surface area (Å²) in [6.45, 7) is 4.99. The molecule has 1 aromatic rings. The Morgan fingerprint density at radius 1 is 1.47 bits per heavy atom. The molecule has 104 valence electrons. The minimum absolute atomic E-state index is 0.107. The van der Waals surface area contributed by atoms with Gasteiger partial charge < -0.3 is 5.32 Å². The Balaban J connectivity index is 3.17. The molecular weight excluding hydrogens is 284 g/mol. The molecule has 2 N–H and O–H groups in total. The maximum Gasteiger partial charge on any atom is 0.240 e. The summed E-state index contributed by atoms with van der Waals surface area (Å²) in [5, 5.41) is 2.62. The lowest BCUT2D eigenvalue weighted by atomic mass is 10.3. The minimum atomic E-state index is -3.59. The Morgan fingerprint density at radius 3 is 2.68 bits per heavy atom. The van der Waals surface area contributed by atoms with E-state index in [1.54, 1.807) is 6.07 Å². The van der Waals surface area contributed by atoms with Crippen molar-refractivity contribution >= 4 is 33.4 Å². The van der Waals surface area contributed by atoms with Gasteiger partial charge in [0.05, 0.1) is 10.6 Å². The van der Waals surface area contributed by atoms with E-state index in [0.717, 1.165) is 4.90 Å². The fourth-order valence-corrected chi connectivity index (χ4v) is 2.95. The number of rotatable bonds is 6. The minimum Gasteiger partial charge on any atom is -0.325 e. The van der Waals surface area contributed by atoms with E-state index in [9.17, 15) is 13.2 Å². The number of carbonyl (C=O) groups is 1. The third-order valence-corrected chi connectivity index (χ3v) is 4.43. The summed E-state index contributed by atoms with van der Waals surface area (Å²) in [6, 6.07) is 4.61. The Hall–Kier alpha value is -1.31. The summed E-state index contributed by atoms with van der Waals surface area (Å²) >= 11 is 1.43. The van der Waals surface area contributed by atoms with Crippen molar-refractivity contribution in [2.75, 3.05) is 18.1 Å². The lowest BCUT2D eigenvalue weighted by molar-refractivity contribution is -0.114. The van der Waals surface area contributed by atoms with E-state index in [4.69, 9.17) is 0 Å². The predicted octanol–water partition coefficient (Wildman–Crippen LogP) is 1.83. The van der Waals surface area contributed by atoms with Gasteiger partial charge in [0.25, 0.3) is 0 Å². The molecule has 19 heavy (non-hydrogen) atoms. The molecule has 0 spiro atoms. The second kappa shape index (κ2) is 6.74. The summed E-state index contributed by atoms with van der Waals surface area (Å²) in [7, 11) is -3.59. The molecule has 1 rings (SSSR count). The number of nitrogens with one attached hydrogen (secondary N) is 2. The van der Waals surface area contributed by atoms with Crippen molar-refractivity contribution in [1.82, 2.24) is 4.72 Å². The van der Waals surface area contributed by atoms with E-state index in [0.29, 0.717) is 5.69 Å². The molecule has 0 aliphatic heterocycles. The highest BCUT2D eigenvalue weighted by atomic mass is 32.2. The van der Waals surface area contributed by atoms with E-state index in [1.807, 2.05) is 6.26 Å². The van der Waals surface area contributed by atoms with Gasteiger partial charge in [-0.25, -0.2) is 13.1 Å². The fourth-order valence-electron chi connectivity index (χ4n) is 1.39. The SMILES string of the molecule is C=CCNS(=O)(=O)c1ccc(SC)c(NC(C)=O)c1. The molecule has 7 heteroatoms. The molecule has 1 aromatic carbocycles. The highest BCUT2D eigenvalue weighted by molar-refractivity contribution is 7.98. The molecule has 0 fully saturated rings. The summed E-state index contributed by atoms with van der Waals surface area (Å²) in [5.74, 6) is -0.246. The van der Waals surface area contributed by atoms with E-state index >= 15 is 0 Å². The number of benzene rings is 1. The quantitative estimate of drug-likeness (QED) is 0.621. The predicted molar refractivity (Wildman–Crippen MR) is 77.9 cm³/mol. The van der Waals surface area contributed by atoms with Crippen molar-refractivity contribution in [3.8, 4) is 0 Å². The molecule has 0 aliphatic carbocycles. The highest BCUT2D eigenvalue weighted by Crippen LogP contribution is 2.28. The van der Waals surface area contributed by atoms with Crippen LogP contribution in [0.2, 0.25) is 0 Å². The van der Waals surface area contributed by atoms with Crippen LogP contribution in [0.4, 0.5) is 5.69 Å². The van der Waals surface area contributed by atoms with Gasteiger partial charge in [-0.3, -0.25) is 4.79 Å². The first-order valence-corrected chi connectivity index (χ1v) is 8.17. The van der Waals surface area contributed by atoms with Gasteiger partial charge in [0, 0.05) is 18.4 Å². The van der Waals surface area contributed by atoms with Gasteiger partial charge in [-0.1, -0.05) is 6.08 Å². The molecule has 0 atom stereocenters. The number of hydrogen-bond acceptors (Lipinski definition) is 4. The zero-order chi connectivity index (χ0) is 14.5. The van der Waals surface area contributed by atoms with E-state index < -0.39 is 10.0 Å². The van der Waals surface area contributed by atoms with Gasteiger partial charge in [-0.2, -0.15) is 0 Å². The van der Waals surface area contributed by atoms with Crippen LogP contribution < -0.4 is 10.0 Å². The van der Waals surface area contributed by atoms with Crippen LogP contribution in [0.25, 0.3) is 0 Å². The van der Waals surface area contributed by atoms with Crippen LogP contribution in [-0.2, 0) is 14.8 Å². The van der Waals surface area contributed by atoms with Crippen molar-refractivity contribution in [2.45, 2.75) is 16.7 Å². The Bertz CT molecular complexity index is 583. The molecule has 1 amide bonds. The van der Waals surface area contributed by atoms with Gasteiger partial charge in [-0.05, 0) is 24.5 Å². The molecule has 0 saturated carbocycles. The molecule has 0 aromatic heterocycles. The molecule has 0 aliphatic rings. The largest absolute Gasteiger partial charge is 0.325 e. The molecule has 0 saturated heterocycles. The van der Waals surface area contributed by atoms with Crippen molar-refractivity contribution in [2.24, 2.45) is 0 Å². The molecule has 0 radical (unpaired) electrons. The molecule has 0 unspecified atom stereocenters. The summed E-state index contributed by atoms with van der Waals surface area (Å²) < 4.78 is 26.3. The first-order valence-electron chi connectivity index (χ1n) is 5.47. The van der Waals surface area contributed by atoms with Crippen LogP contribution in [0.5, 0.6) is 0 Å². The van der Waals surface area contributed by atoms with Crippen molar-refractivity contribution in [3.63, 3.8) is 0 Å². The fraction of sp³-hybridized carbons (Fsp3) is 0.250. The summed E-state index contributed by atoms with van der Waals surface area (Å²) in [6.07, 6.45) is 3.31. The third kappa shape index (κ3) is 4.38. The van der Waals surface area contributed by atoms with Crippen molar-refractivity contribution in [3.05, 3.63) is 30.9 Å². The van der Waals surface area contributed by atoms with Crippen LogP contribution in [0.1, 0.15) is 6.92 Å². The van der Waals surface area contributed by atoms with Crippen LogP contribution in [-0.4, -0.2) is 27.1 Å². The number of carbonyl (C=O) groups excluding carboxylic acids is 1. The number of thioether (sulfide) groups is 1. The molecule has 5 nitrogen and oxygen atoms in total. The standard InChI is InChI=1S/C12H16N2O3S2/c1-4-7-13-19(16,17)10-5-6-12(18-3)11(8-10)14-9(2)15/h4-6,8,13H,1,7H2,2-3H3,(H,14,15). The van der Waals surface area contributed by atoms with E-state index in [1.165, 1.54) is 36.9 Å². The van der Waals surface area contributed by atoms with Crippen molar-refractivity contribution in [1.29, 1.82) is 0 Å². The Morgan fingerprint density at radius 2 is 2.16 bits per heavy atom. The topological polar surface area (TPSA) is 75.3 Å². The Labute approximate surface area is 117 Å². The van der Waals surface area contributed by atoms with Gasteiger partial charge in [0.1, 0.15) is 0 Å². The van der Waals surface area contributed by atoms with Crippen molar-refractivity contribution < 1.29 is 13.2 Å². The van der Waals surface area contributed by atoms with Crippen LogP contribution in [0.3, 0.4) is 0 Å². The smallest absolute Gasteiger partial charge is 0.240 e. The van der Waals surface area contributed by atoms with Gasteiger partial charge in [0.2, 0.25) is 15.9 Å². The summed E-state index contributed by atoms with van der Waals surface area (Å²) in [4.78, 5) is 12.0.